The highest BCUT2D eigenvalue weighted by Crippen LogP contribution is 2.23. The Morgan fingerprint density at radius 1 is 1.19 bits per heavy atom. The van der Waals surface area contributed by atoms with Crippen molar-refractivity contribution in [1.29, 1.82) is 5.26 Å². The average Bonchev–Trinajstić information content (AvgIpc) is 3.16. The maximum atomic E-state index is 13.1. The zero-order chi connectivity index (χ0) is 22.2. The number of anilines is 1. The highest BCUT2D eigenvalue weighted by molar-refractivity contribution is 6.05. The lowest BCUT2D eigenvalue weighted by Gasteiger charge is -2.10. The lowest BCUT2D eigenvalue weighted by atomic mass is 10.1. The van der Waals surface area contributed by atoms with Gasteiger partial charge in [0, 0.05) is 11.9 Å². The van der Waals surface area contributed by atoms with Gasteiger partial charge in [0.25, 0.3) is 5.91 Å². The molecule has 0 aliphatic rings. The van der Waals surface area contributed by atoms with Gasteiger partial charge in [-0.2, -0.15) is 10.4 Å². The van der Waals surface area contributed by atoms with E-state index in [1.165, 1.54) is 16.8 Å². The third-order valence-electron chi connectivity index (χ3n) is 4.85. The van der Waals surface area contributed by atoms with Crippen LogP contribution >= 0.6 is 0 Å². The molecule has 0 aliphatic heterocycles. The Balaban J connectivity index is 1.69. The minimum atomic E-state index is -0.344. The third kappa shape index (κ3) is 5.70. The smallest absolute Gasteiger partial charge is 0.259 e. The number of hydrogen-bond acceptors (Lipinski definition) is 4. The molecule has 0 fully saturated rings. The predicted molar refractivity (Wildman–Crippen MR) is 117 cm³/mol. The number of benzene rings is 2. The molecular formula is C24H25FN4O2. The Bertz CT molecular complexity index is 1080. The molecule has 0 aliphatic carbocycles. The number of carbonyl (C=O) groups excluding carboxylic acids is 1. The van der Waals surface area contributed by atoms with E-state index < -0.39 is 0 Å². The van der Waals surface area contributed by atoms with Gasteiger partial charge in [0.05, 0.1) is 29.1 Å². The number of rotatable bonds is 9. The van der Waals surface area contributed by atoms with Crippen molar-refractivity contribution in [2.75, 3.05) is 11.9 Å². The highest BCUT2D eigenvalue weighted by Gasteiger charge is 2.15. The number of nitrogens with zero attached hydrogens (tertiary/aromatic N) is 3. The second kappa shape index (κ2) is 10.4. The normalized spacial score (nSPS) is 10.5. The Morgan fingerprint density at radius 2 is 1.97 bits per heavy atom. The second-order valence-electron chi connectivity index (χ2n) is 7.24. The van der Waals surface area contributed by atoms with Crippen LogP contribution in [0.1, 0.15) is 54.2 Å². The summed E-state index contributed by atoms with van der Waals surface area (Å²) in [5.41, 5.74) is 2.44. The highest BCUT2D eigenvalue weighted by atomic mass is 19.1. The predicted octanol–water partition coefficient (Wildman–Crippen LogP) is 5.40. The molecule has 0 unspecified atom stereocenters. The van der Waals surface area contributed by atoms with E-state index >= 15 is 0 Å². The molecule has 3 aromatic rings. The standard InChI is InChI=1S/C24H25FN4O2/c1-3-4-5-6-13-31-23-12-9-20(14-18(23)15-26)27-24(30)22-16-29(28-17(22)2)21-10-7-19(25)8-11-21/h7-12,14,16H,3-6,13H2,1-2H3,(H,27,30). The van der Waals surface area contributed by atoms with Gasteiger partial charge in [-0.05, 0) is 55.8 Å². The summed E-state index contributed by atoms with van der Waals surface area (Å²) < 4.78 is 20.4. The number of carbonyl (C=O) groups is 1. The molecule has 3 rings (SSSR count). The van der Waals surface area contributed by atoms with E-state index in [0.717, 1.165) is 25.7 Å². The zero-order valence-electron chi connectivity index (χ0n) is 17.7. The fourth-order valence-electron chi connectivity index (χ4n) is 3.14. The van der Waals surface area contributed by atoms with Gasteiger partial charge in [0.15, 0.2) is 0 Å². The summed E-state index contributed by atoms with van der Waals surface area (Å²) in [6.45, 7) is 4.43. The second-order valence-corrected chi connectivity index (χ2v) is 7.24. The Labute approximate surface area is 181 Å². The van der Waals surface area contributed by atoms with E-state index in [0.29, 0.717) is 40.6 Å². The monoisotopic (exact) mass is 420 g/mol. The number of halogens is 1. The molecule has 7 heteroatoms. The van der Waals surface area contributed by atoms with Crippen LogP contribution in [0, 0.1) is 24.1 Å². The minimum absolute atomic E-state index is 0.340. The van der Waals surface area contributed by atoms with Crippen molar-refractivity contribution in [3.05, 3.63) is 71.3 Å². The molecular weight excluding hydrogens is 395 g/mol. The Morgan fingerprint density at radius 3 is 2.68 bits per heavy atom. The number of nitriles is 1. The molecule has 1 aromatic heterocycles. The molecule has 0 spiro atoms. The van der Waals surface area contributed by atoms with Crippen LogP contribution < -0.4 is 10.1 Å². The maximum Gasteiger partial charge on any atom is 0.259 e. The first kappa shape index (κ1) is 22.0. The topological polar surface area (TPSA) is 79.9 Å². The summed E-state index contributed by atoms with van der Waals surface area (Å²) in [4.78, 5) is 12.8. The largest absolute Gasteiger partial charge is 0.492 e. The molecule has 6 nitrogen and oxygen atoms in total. The lowest BCUT2D eigenvalue weighted by molar-refractivity contribution is 0.102. The van der Waals surface area contributed by atoms with Crippen LogP contribution in [0.2, 0.25) is 0 Å². The van der Waals surface area contributed by atoms with Crippen LogP contribution in [-0.4, -0.2) is 22.3 Å². The van der Waals surface area contributed by atoms with Crippen LogP contribution in [0.4, 0.5) is 10.1 Å². The molecule has 2 aromatic carbocycles. The maximum absolute atomic E-state index is 13.1. The van der Waals surface area contributed by atoms with Crippen molar-refractivity contribution in [3.8, 4) is 17.5 Å². The molecule has 160 valence electrons. The first-order valence-electron chi connectivity index (χ1n) is 10.3. The SMILES string of the molecule is CCCCCCOc1ccc(NC(=O)c2cn(-c3ccc(F)cc3)nc2C)cc1C#N. The first-order chi connectivity index (χ1) is 15.0. The molecule has 0 bridgehead atoms. The Kier molecular flexibility index (Phi) is 7.39. The van der Waals surface area contributed by atoms with Crippen molar-refractivity contribution >= 4 is 11.6 Å². The average molecular weight is 420 g/mol. The van der Waals surface area contributed by atoms with E-state index in [-0.39, 0.29) is 11.7 Å². The molecule has 0 saturated carbocycles. The van der Waals surface area contributed by atoms with Crippen LogP contribution in [-0.2, 0) is 0 Å². The van der Waals surface area contributed by atoms with E-state index in [4.69, 9.17) is 4.74 Å². The van der Waals surface area contributed by atoms with Gasteiger partial charge >= 0.3 is 0 Å². The molecule has 1 heterocycles. The van der Waals surface area contributed by atoms with Gasteiger partial charge in [-0.15, -0.1) is 0 Å². The van der Waals surface area contributed by atoms with Gasteiger partial charge in [-0.25, -0.2) is 9.07 Å². The van der Waals surface area contributed by atoms with Crippen LogP contribution in [0.3, 0.4) is 0 Å². The van der Waals surface area contributed by atoms with Gasteiger partial charge in [0.2, 0.25) is 0 Å². The van der Waals surface area contributed by atoms with E-state index in [9.17, 15) is 14.4 Å². The zero-order valence-corrected chi connectivity index (χ0v) is 17.7. The van der Waals surface area contributed by atoms with Crippen molar-refractivity contribution in [3.63, 3.8) is 0 Å². The third-order valence-corrected chi connectivity index (χ3v) is 4.85. The van der Waals surface area contributed by atoms with Crippen LogP contribution in [0.25, 0.3) is 5.69 Å². The summed E-state index contributed by atoms with van der Waals surface area (Å²) >= 11 is 0. The van der Waals surface area contributed by atoms with Crippen LogP contribution in [0.15, 0.2) is 48.7 Å². The quantitative estimate of drug-likeness (QED) is 0.470. The number of amides is 1. The molecule has 0 radical (unpaired) electrons. The summed E-state index contributed by atoms with van der Waals surface area (Å²) in [6, 6.07) is 13.0. The van der Waals surface area contributed by atoms with Crippen molar-refractivity contribution in [1.82, 2.24) is 9.78 Å². The molecule has 0 atom stereocenters. The van der Waals surface area contributed by atoms with Gasteiger partial charge in [-0.1, -0.05) is 26.2 Å². The fourth-order valence-corrected chi connectivity index (χ4v) is 3.14. The molecule has 31 heavy (non-hydrogen) atoms. The lowest BCUT2D eigenvalue weighted by Crippen LogP contribution is -2.12. The Hall–Kier alpha value is -3.66. The van der Waals surface area contributed by atoms with Crippen molar-refractivity contribution < 1.29 is 13.9 Å². The van der Waals surface area contributed by atoms with E-state index in [1.807, 2.05) is 0 Å². The number of nitrogens with one attached hydrogen (secondary N) is 1. The van der Waals surface area contributed by atoms with Gasteiger partial charge in [-0.3, -0.25) is 4.79 Å². The minimum Gasteiger partial charge on any atom is -0.492 e. The van der Waals surface area contributed by atoms with Crippen molar-refractivity contribution in [2.24, 2.45) is 0 Å². The van der Waals surface area contributed by atoms with Crippen LogP contribution in [0.5, 0.6) is 5.75 Å². The van der Waals surface area contributed by atoms with Crippen molar-refractivity contribution in [2.45, 2.75) is 39.5 Å². The number of unbranched alkanes of at least 4 members (excludes halogenated alkanes) is 3. The van der Waals surface area contributed by atoms with Gasteiger partial charge < -0.3 is 10.1 Å². The summed E-state index contributed by atoms with van der Waals surface area (Å²) in [5.74, 6) is -0.174. The first-order valence-corrected chi connectivity index (χ1v) is 10.3. The van der Waals surface area contributed by atoms with E-state index in [1.54, 1.807) is 43.5 Å². The number of ether oxygens (including phenoxy) is 1. The number of aryl methyl sites for hydroxylation is 1. The summed E-state index contributed by atoms with van der Waals surface area (Å²) in [7, 11) is 0. The number of aromatic nitrogens is 2. The summed E-state index contributed by atoms with van der Waals surface area (Å²) in [5, 5.41) is 16.6. The number of hydrogen-bond donors (Lipinski definition) is 1. The van der Waals surface area contributed by atoms with Gasteiger partial charge in [0.1, 0.15) is 17.6 Å². The fraction of sp³-hybridized carbons (Fsp3) is 0.292. The molecule has 0 saturated heterocycles. The molecule has 1 amide bonds. The molecule has 1 N–H and O–H groups in total. The summed E-state index contributed by atoms with van der Waals surface area (Å²) in [6.07, 6.45) is 5.94. The van der Waals surface area contributed by atoms with E-state index in [2.05, 4.69) is 23.4 Å².